The first-order valence-corrected chi connectivity index (χ1v) is 3.23. The van der Waals surface area contributed by atoms with Crippen LogP contribution in [0.3, 0.4) is 0 Å². The Labute approximate surface area is 60.5 Å². The van der Waals surface area contributed by atoms with Gasteiger partial charge in [0.15, 0.2) is 0 Å². The zero-order valence-corrected chi connectivity index (χ0v) is 5.75. The fourth-order valence-corrected chi connectivity index (χ4v) is 0.624. The largest absolute Gasteiger partial charge is 0.392 e. The number of nitriles is 2. The molecule has 1 N–H and O–H groups in total. The Morgan fingerprint density at radius 1 is 1.30 bits per heavy atom. The first kappa shape index (κ1) is 8.94. The Morgan fingerprint density at radius 3 is 2.50 bits per heavy atom. The summed E-state index contributed by atoms with van der Waals surface area (Å²) in [6.45, 7) is 0. The van der Waals surface area contributed by atoms with Gasteiger partial charge in [0.25, 0.3) is 0 Å². The molecular formula is C7H10N2O. The highest BCUT2D eigenvalue weighted by atomic mass is 16.3. The van der Waals surface area contributed by atoms with Crippen LogP contribution >= 0.6 is 0 Å². The maximum Gasteiger partial charge on any atom is 0.0670 e. The number of nitrogens with zero attached hydrogens (tertiary/aromatic N) is 2. The first-order valence-electron chi connectivity index (χ1n) is 3.23. The number of aliphatic hydroxyl groups excluding tert-OH is 1. The monoisotopic (exact) mass is 138 g/mol. The molecule has 0 saturated heterocycles. The smallest absolute Gasteiger partial charge is 0.0670 e. The Bertz CT molecular complexity index is 154. The van der Waals surface area contributed by atoms with Crippen LogP contribution in [0.4, 0.5) is 0 Å². The third-order valence-electron chi connectivity index (χ3n) is 1.15. The van der Waals surface area contributed by atoms with E-state index in [1.54, 1.807) is 0 Å². The average molecular weight is 138 g/mol. The van der Waals surface area contributed by atoms with Crippen molar-refractivity contribution in [2.75, 3.05) is 0 Å². The van der Waals surface area contributed by atoms with Crippen LogP contribution in [-0.4, -0.2) is 11.2 Å². The molecule has 0 aromatic carbocycles. The Kier molecular flexibility index (Phi) is 5.42. The molecule has 0 aromatic rings. The van der Waals surface area contributed by atoms with Gasteiger partial charge in [0.1, 0.15) is 0 Å². The second-order valence-corrected chi connectivity index (χ2v) is 2.07. The van der Waals surface area contributed by atoms with E-state index in [-0.39, 0.29) is 6.42 Å². The highest BCUT2D eigenvalue weighted by Crippen LogP contribution is 2.02. The Morgan fingerprint density at radius 2 is 2.00 bits per heavy atom. The molecule has 0 saturated carbocycles. The molecule has 0 radical (unpaired) electrons. The van der Waals surface area contributed by atoms with Gasteiger partial charge in [0, 0.05) is 6.42 Å². The topological polar surface area (TPSA) is 67.8 Å². The predicted molar refractivity (Wildman–Crippen MR) is 35.7 cm³/mol. The predicted octanol–water partition coefficient (Wildman–Crippen LogP) is 0.955. The molecule has 0 aliphatic carbocycles. The summed E-state index contributed by atoms with van der Waals surface area (Å²) in [7, 11) is 0. The lowest BCUT2D eigenvalue weighted by molar-refractivity contribution is 0.167. The van der Waals surface area contributed by atoms with Crippen molar-refractivity contribution in [1.82, 2.24) is 0 Å². The van der Waals surface area contributed by atoms with Gasteiger partial charge in [-0.1, -0.05) is 0 Å². The van der Waals surface area contributed by atoms with Crippen molar-refractivity contribution >= 4 is 0 Å². The summed E-state index contributed by atoms with van der Waals surface area (Å²) in [6.07, 6.45) is 1.33. The van der Waals surface area contributed by atoms with Crippen molar-refractivity contribution in [1.29, 1.82) is 10.5 Å². The van der Waals surface area contributed by atoms with Crippen LogP contribution in [0.1, 0.15) is 25.7 Å². The molecule has 1 atom stereocenters. The van der Waals surface area contributed by atoms with E-state index in [4.69, 9.17) is 15.6 Å². The standard InChI is InChI=1S/C7H10N2O/c8-5-2-1-3-7(10)4-6-9/h7,10H,1-4H2. The summed E-state index contributed by atoms with van der Waals surface area (Å²) in [5.41, 5.74) is 0. The molecule has 0 fully saturated rings. The summed E-state index contributed by atoms with van der Waals surface area (Å²) in [6, 6.07) is 3.83. The molecule has 0 aliphatic heterocycles. The van der Waals surface area contributed by atoms with E-state index in [2.05, 4.69) is 0 Å². The molecule has 0 bridgehead atoms. The number of rotatable bonds is 4. The minimum Gasteiger partial charge on any atom is -0.392 e. The van der Waals surface area contributed by atoms with E-state index in [0.29, 0.717) is 19.3 Å². The highest BCUT2D eigenvalue weighted by Gasteiger charge is 2.00. The fourth-order valence-electron chi connectivity index (χ4n) is 0.624. The Hall–Kier alpha value is -1.06. The van der Waals surface area contributed by atoms with Crippen molar-refractivity contribution in [2.45, 2.75) is 31.8 Å². The maximum absolute atomic E-state index is 8.94. The summed E-state index contributed by atoms with van der Waals surface area (Å²) < 4.78 is 0. The van der Waals surface area contributed by atoms with Crippen LogP contribution in [0, 0.1) is 22.7 Å². The van der Waals surface area contributed by atoms with Crippen molar-refractivity contribution in [2.24, 2.45) is 0 Å². The maximum atomic E-state index is 8.94. The second-order valence-electron chi connectivity index (χ2n) is 2.07. The van der Waals surface area contributed by atoms with E-state index in [9.17, 15) is 0 Å². The van der Waals surface area contributed by atoms with Crippen LogP contribution in [0.15, 0.2) is 0 Å². The van der Waals surface area contributed by atoms with Gasteiger partial charge in [-0.2, -0.15) is 10.5 Å². The van der Waals surface area contributed by atoms with E-state index in [0.717, 1.165) is 0 Å². The number of aliphatic hydroxyl groups is 1. The molecular weight excluding hydrogens is 128 g/mol. The molecule has 0 amide bonds. The van der Waals surface area contributed by atoms with Gasteiger partial charge in [-0.3, -0.25) is 0 Å². The zero-order chi connectivity index (χ0) is 7.82. The van der Waals surface area contributed by atoms with Gasteiger partial charge in [0.05, 0.1) is 24.7 Å². The van der Waals surface area contributed by atoms with E-state index in [1.807, 2.05) is 12.1 Å². The molecule has 1 unspecified atom stereocenters. The lowest BCUT2D eigenvalue weighted by Gasteiger charge is -2.01. The number of unbranched alkanes of at least 4 members (excludes halogenated alkanes) is 1. The van der Waals surface area contributed by atoms with E-state index < -0.39 is 6.10 Å². The first-order chi connectivity index (χ1) is 4.81. The minimum absolute atomic E-state index is 0.172. The molecule has 0 spiro atoms. The lowest BCUT2D eigenvalue weighted by Crippen LogP contribution is -2.03. The van der Waals surface area contributed by atoms with Crippen molar-refractivity contribution < 1.29 is 5.11 Å². The summed E-state index contributed by atoms with van der Waals surface area (Å²) in [5.74, 6) is 0. The molecule has 54 valence electrons. The molecule has 0 rings (SSSR count). The van der Waals surface area contributed by atoms with Gasteiger partial charge in [0.2, 0.25) is 0 Å². The number of hydrogen-bond donors (Lipinski definition) is 1. The van der Waals surface area contributed by atoms with Crippen LogP contribution in [0.5, 0.6) is 0 Å². The van der Waals surface area contributed by atoms with E-state index in [1.165, 1.54) is 0 Å². The molecule has 3 heteroatoms. The third-order valence-corrected chi connectivity index (χ3v) is 1.15. The third kappa shape index (κ3) is 5.08. The molecule has 10 heavy (non-hydrogen) atoms. The van der Waals surface area contributed by atoms with Gasteiger partial charge < -0.3 is 5.11 Å². The number of hydrogen-bond acceptors (Lipinski definition) is 3. The highest BCUT2D eigenvalue weighted by molar-refractivity contribution is 4.76. The van der Waals surface area contributed by atoms with Crippen molar-refractivity contribution in [3.63, 3.8) is 0 Å². The van der Waals surface area contributed by atoms with Crippen LogP contribution < -0.4 is 0 Å². The summed E-state index contributed by atoms with van der Waals surface area (Å²) in [4.78, 5) is 0. The normalized spacial score (nSPS) is 11.5. The van der Waals surface area contributed by atoms with Crippen LogP contribution in [-0.2, 0) is 0 Å². The molecule has 0 aromatic heterocycles. The fraction of sp³-hybridized carbons (Fsp3) is 0.714. The minimum atomic E-state index is -0.543. The lowest BCUT2D eigenvalue weighted by atomic mass is 10.1. The zero-order valence-electron chi connectivity index (χ0n) is 5.75. The van der Waals surface area contributed by atoms with Gasteiger partial charge >= 0.3 is 0 Å². The van der Waals surface area contributed by atoms with Gasteiger partial charge in [-0.05, 0) is 12.8 Å². The molecule has 0 aliphatic rings. The van der Waals surface area contributed by atoms with Crippen LogP contribution in [0.25, 0.3) is 0 Å². The van der Waals surface area contributed by atoms with E-state index >= 15 is 0 Å². The van der Waals surface area contributed by atoms with Crippen LogP contribution in [0.2, 0.25) is 0 Å². The van der Waals surface area contributed by atoms with Crippen molar-refractivity contribution in [3.05, 3.63) is 0 Å². The Balaban J connectivity index is 3.16. The van der Waals surface area contributed by atoms with Gasteiger partial charge in [-0.15, -0.1) is 0 Å². The SMILES string of the molecule is N#CCCCC(O)CC#N. The second kappa shape index (κ2) is 6.07. The quantitative estimate of drug-likeness (QED) is 0.588. The van der Waals surface area contributed by atoms with Crippen molar-refractivity contribution in [3.8, 4) is 12.1 Å². The average Bonchev–Trinajstić information content (AvgIpc) is 1.89. The summed E-state index contributed by atoms with van der Waals surface area (Å²) in [5, 5.41) is 25.2. The summed E-state index contributed by atoms with van der Waals surface area (Å²) >= 11 is 0. The molecule has 3 nitrogen and oxygen atoms in total. The molecule has 0 heterocycles. The van der Waals surface area contributed by atoms with Gasteiger partial charge in [-0.25, -0.2) is 0 Å².